The Morgan fingerprint density at radius 1 is 1.43 bits per heavy atom. The number of carboxylic acids is 1. The largest absolute Gasteiger partial charge is 0.478 e. The number of aryl methyl sites for hydroxylation is 1. The van der Waals surface area contributed by atoms with Crippen molar-refractivity contribution < 1.29 is 18.3 Å². The van der Waals surface area contributed by atoms with Crippen LogP contribution in [0.3, 0.4) is 0 Å². The zero-order valence-electron chi connectivity index (χ0n) is 10.6. The maximum atomic E-state index is 12.3. The molecule has 5 nitrogen and oxygen atoms in total. The van der Waals surface area contributed by atoms with Crippen molar-refractivity contribution in [3.05, 3.63) is 44.2 Å². The standard InChI is InChI=1S/C12H9BrClNO4S2/c1-6-3-2-4-8(10(6)12(16)17)15-21(18,19)9-5-7(14)11(13)20-9/h2-5,15H,1H3,(H,16,17). The number of thiophene rings is 1. The molecule has 9 heteroatoms. The van der Waals surface area contributed by atoms with E-state index in [1.165, 1.54) is 12.1 Å². The van der Waals surface area contributed by atoms with Crippen molar-refractivity contribution in [2.75, 3.05) is 4.72 Å². The molecule has 0 saturated carbocycles. The monoisotopic (exact) mass is 409 g/mol. The highest BCUT2D eigenvalue weighted by Crippen LogP contribution is 2.35. The fraction of sp³-hybridized carbons (Fsp3) is 0.0833. The Bertz CT molecular complexity index is 797. The molecule has 2 rings (SSSR count). The lowest BCUT2D eigenvalue weighted by atomic mass is 10.1. The first-order chi connectivity index (χ1) is 9.72. The minimum atomic E-state index is -3.90. The molecule has 2 aromatic rings. The van der Waals surface area contributed by atoms with E-state index in [4.69, 9.17) is 11.6 Å². The van der Waals surface area contributed by atoms with Crippen LogP contribution in [-0.2, 0) is 10.0 Å². The molecular formula is C12H9BrClNO4S2. The zero-order chi connectivity index (χ0) is 15.8. The first-order valence-electron chi connectivity index (χ1n) is 5.53. The second-order valence-electron chi connectivity index (χ2n) is 4.10. The molecule has 0 spiro atoms. The topological polar surface area (TPSA) is 83.5 Å². The molecule has 0 saturated heterocycles. The average molecular weight is 411 g/mol. The van der Waals surface area contributed by atoms with E-state index in [0.29, 0.717) is 9.35 Å². The van der Waals surface area contributed by atoms with Crippen molar-refractivity contribution in [3.63, 3.8) is 0 Å². The second kappa shape index (κ2) is 5.96. The quantitative estimate of drug-likeness (QED) is 0.799. The van der Waals surface area contributed by atoms with Crippen LogP contribution in [0.2, 0.25) is 5.02 Å². The molecule has 0 aliphatic rings. The Morgan fingerprint density at radius 3 is 2.62 bits per heavy atom. The van der Waals surface area contributed by atoms with Gasteiger partial charge in [0, 0.05) is 0 Å². The van der Waals surface area contributed by atoms with Crippen molar-refractivity contribution in [3.8, 4) is 0 Å². The number of benzene rings is 1. The summed E-state index contributed by atoms with van der Waals surface area (Å²) in [6.07, 6.45) is 0. The van der Waals surface area contributed by atoms with Gasteiger partial charge in [-0.1, -0.05) is 23.7 Å². The predicted molar refractivity (Wildman–Crippen MR) is 86.0 cm³/mol. The number of anilines is 1. The summed E-state index contributed by atoms with van der Waals surface area (Å²) in [6.45, 7) is 1.60. The van der Waals surface area contributed by atoms with Gasteiger partial charge < -0.3 is 5.11 Å². The van der Waals surface area contributed by atoms with Crippen molar-refractivity contribution in [2.24, 2.45) is 0 Å². The Hall–Kier alpha value is -1.09. The summed E-state index contributed by atoms with van der Waals surface area (Å²) < 4.78 is 27.3. The number of nitrogens with one attached hydrogen (secondary N) is 1. The van der Waals surface area contributed by atoms with Gasteiger partial charge in [-0.25, -0.2) is 13.2 Å². The van der Waals surface area contributed by atoms with E-state index in [0.717, 1.165) is 11.3 Å². The molecule has 0 radical (unpaired) electrons. The van der Waals surface area contributed by atoms with Crippen LogP contribution >= 0.6 is 38.9 Å². The van der Waals surface area contributed by atoms with E-state index < -0.39 is 16.0 Å². The third kappa shape index (κ3) is 3.39. The minimum Gasteiger partial charge on any atom is -0.478 e. The number of carbonyl (C=O) groups is 1. The number of hydrogen-bond donors (Lipinski definition) is 2. The summed E-state index contributed by atoms with van der Waals surface area (Å²) in [6, 6.07) is 5.88. The fourth-order valence-corrected chi connectivity index (χ4v) is 5.16. The lowest BCUT2D eigenvalue weighted by molar-refractivity contribution is 0.0697. The Balaban J connectivity index is 2.47. The van der Waals surface area contributed by atoms with Gasteiger partial charge in [-0.05, 0) is 40.5 Å². The SMILES string of the molecule is Cc1cccc(NS(=O)(=O)c2cc(Cl)c(Br)s2)c1C(=O)O. The Morgan fingerprint density at radius 2 is 2.10 bits per heavy atom. The van der Waals surface area contributed by atoms with Crippen LogP contribution in [0.1, 0.15) is 15.9 Å². The third-order valence-electron chi connectivity index (χ3n) is 2.62. The van der Waals surface area contributed by atoms with Crippen LogP contribution in [0, 0.1) is 6.92 Å². The maximum absolute atomic E-state index is 12.3. The lowest BCUT2D eigenvalue weighted by Gasteiger charge is -2.11. The number of sulfonamides is 1. The smallest absolute Gasteiger partial charge is 0.338 e. The van der Waals surface area contributed by atoms with Crippen LogP contribution in [0.25, 0.3) is 0 Å². The highest BCUT2D eigenvalue weighted by molar-refractivity contribution is 9.11. The molecule has 2 N–H and O–H groups in total. The summed E-state index contributed by atoms with van der Waals surface area (Å²) >= 11 is 9.91. The first kappa shape index (κ1) is 16.3. The second-order valence-corrected chi connectivity index (χ2v) is 8.78. The summed E-state index contributed by atoms with van der Waals surface area (Å²) in [5.41, 5.74) is 0.402. The molecule has 0 atom stereocenters. The van der Waals surface area contributed by atoms with Crippen molar-refractivity contribution in [2.45, 2.75) is 11.1 Å². The van der Waals surface area contributed by atoms with Gasteiger partial charge in [0.05, 0.1) is 20.1 Å². The van der Waals surface area contributed by atoms with Gasteiger partial charge in [0.1, 0.15) is 4.21 Å². The number of hydrogen-bond acceptors (Lipinski definition) is 4. The molecule has 0 amide bonds. The molecule has 0 fully saturated rings. The van der Waals surface area contributed by atoms with Crippen LogP contribution in [0.5, 0.6) is 0 Å². The van der Waals surface area contributed by atoms with Gasteiger partial charge >= 0.3 is 5.97 Å². The van der Waals surface area contributed by atoms with Gasteiger partial charge in [-0.2, -0.15) is 0 Å². The van der Waals surface area contributed by atoms with Crippen LogP contribution in [0.4, 0.5) is 5.69 Å². The van der Waals surface area contributed by atoms with Gasteiger partial charge in [0.25, 0.3) is 10.0 Å². The lowest BCUT2D eigenvalue weighted by Crippen LogP contribution is -2.15. The van der Waals surface area contributed by atoms with E-state index >= 15 is 0 Å². The predicted octanol–water partition coefficient (Wildman–Crippen LogP) is 3.97. The van der Waals surface area contributed by atoms with Crippen molar-refractivity contribution in [1.82, 2.24) is 0 Å². The molecule has 21 heavy (non-hydrogen) atoms. The van der Waals surface area contributed by atoms with Crippen LogP contribution in [0.15, 0.2) is 32.3 Å². The summed E-state index contributed by atoms with van der Waals surface area (Å²) in [7, 11) is -3.90. The summed E-state index contributed by atoms with van der Waals surface area (Å²) in [4.78, 5) is 11.3. The molecular weight excluding hydrogens is 402 g/mol. The fourth-order valence-electron chi connectivity index (χ4n) is 1.69. The molecule has 0 aliphatic heterocycles. The molecule has 1 heterocycles. The number of carboxylic acid groups (broad SMARTS) is 1. The average Bonchev–Trinajstić information content (AvgIpc) is 2.69. The highest BCUT2D eigenvalue weighted by Gasteiger charge is 2.22. The van der Waals surface area contributed by atoms with E-state index in [1.54, 1.807) is 19.1 Å². The number of halogens is 2. The Kier molecular flexibility index (Phi) is 4.62. The third-order valence-corrected chi connectivity index (χ3v) is 6.93. The summed E-state index contributed by atoms with van der Waals surface area (Å²) in [5, 5.41) is 9.48. The van der Waals surface area contributed by atoms with Gasteiger partial charge in [0.15, 0.2) is 0 Å². The van der Waals surface area contributed by atoms with E-state index in [1.807, 2.05) is 0 Å². The van der Waals surface area contributed by atoms with Gasteiger partial charge in [-0.3, -0.25) is 4.72 Å². The van der Waals surface area contributed by atoms with Crippen LogP contribution < -0.4 is 4.72 Å². The van der Waals surface area contributed by atoms with E-state index in [-0.39, 0.29) is 20.5 Å². The molecule has 1 aromatic carbocycles. The van der Waals surface area contributed by atoms with Gasteiger partial charge in [-0.15, -0.1) is 11.3 Å². The molecule has 112 valence electrons. The Labute approximate surface area is 138 Å². The molecule has 0 aliphatic carbocycles. The number of rotatable bonds is 4. The molecule has 0 unspecified atom stereocenters. The normalized spacial score (nSPS) is 11.4. The molecule has 0 bridgehead atoms. The highest BCUT2D eigenvalue weighted by atomic mass is 79.9. The minimum absolute atomic E-state index is 0.00257. The van der Waals surface area contributed by atoms with Crippen LogP contribution in [-0.4, -0.2) is 19.5 Å². The molecule has 1 aromatic heterocycles. The summed E-state index contributed by atoms with van der Waals surface area (Å²) in [5.74, 6) is -1.20. The maximum Gasteiger partial charge on any atom is 0.338 e. The first-order valence-corrected chi connectivity index (χ1v) is 9.00. The van der Waals surface area contributed by atoms with Crippen molar-refractivity contribution in [1.29, 1.82) is 0 Å². The zero-order valence-corrected chi connectivity index (χ0v) is 14.5. The number of aromatic carboxylic acids is 1. The van der Waals surface area contributed by atoms with Gasteiger partial charge in [0.2, 0.25) is 0 Å². The van der Waals surface area contributed by atoms with E-state index in [2.05, 4.69) is 20.7 Å². The van der Waals surface area contributed by atoms with E-state index in [9.17, 15) is 18.3 Å². The van der Waals surface area contributed by atoms with Crippen molar-refractivity contribution >= 4 is 60.5 Å².